The molecule has 0 radical (unpaired) electrons. The number of rotatable bonds is 19. The van der Waals surface area contributed by atoms with Crippen LogP contribution < -0.4 is 5.32 Å². The summed E-state index contributed by atoms with van der Waals surface area (Å²) in [6.45, 7) is 5.84. The Hall–Kier alpha value is -1.71. The number of nitrogens with zero attached hydrogens (tertiary/aromatic N) is 2. The van der Waals surface area contributed by atoms with E-state index < -0.39 is 23.8 Å². The maximum Gasteiger partial charge on any atom is 0.317 e. The molecule has 1 aliphatic rings. The molecule has 0 aromatic rings. The van der Waals surface area contributed by atoms with Crippen molar-refractivity contribution in [2.75, 3.05) is 45.9 Å². The molecule has 9 nitrogen and oxygen atoms in total. The molecule has 174 valence electrons. The highest BCUT2D eigenvalue weighted by molar-refractivity contribution is 5.92. The molecule has 4 N–H and O–H groups in total. The van der Waals surface area contributed by atoms with Gasteiger partial charge in [0.2, 0.25) is 0 Å². The van der Waals surface area contributed by atoms with Crippen LogP contribution in [0.1, 0.15) is 64.2 Å². The van der Waals surface area contributed by atoms with E-state index in [1.165, 1.54) is 32.1 Å². The zero-order valence-electron chi connectivity index (χ0n) is 18.1. The summed E-state index contributed by atoms with van der Waals surface area (Å²) in [6.07, 6.45) is 10.0. The van der Waals surface area contributed by atoms with Crippen LogP contribution in [0.5, 0.6) is 0 Å². The van der Waals surface area contributed by atoms with Crippen LogP contribution in [0.25, 0.3) is 0 Å². The lowest BCUT2D eigenvalue weighted by Gasteiger charge is -2.18. The molecular formula is C21H39N3O6. The second kappa shape index (κ2) is 16.0. The quantitative estimate of drug-likeness (QED) is 0.180. The first-order chi connectivity index (χ1) is 14.4. The van der Waals surface area contributed by atoms with Gasteiger partial charge in [0.1, 0.15) is 0 Å². The van der Waals surface area contributed by atoms with Crippen molar-refractivity contribution in [1.29, 1.82) is 0 Å². The Morgan fingerprint density at radius 3 is 1.77 bits per heavy atom. The lowest BCUT2D eigenvalue weighted by Crippen LogP contribution is -2.34. The van der Waals surface area contributed by atoms with E-state index in [1.54, 1.807) is 0 Å². The van der Waals surface area contributed by atoms with Crippen LogP contribution in [-0.4, -0.2) is 89.0 Å². The second-order valence-electron chi connectivity index (χ2n) is 8.15. The Labute approximate surface area is 179 Å². The van der Waals surface area contributed by atoms with Crippen molar-refractivity contribution in [2.24, 2.45) is 5.92 Å². The molecular weight excluding hydrogens is 390 g/mol. The summed E-state index contributed by atoms with van der Waals surface area (Å²) in [5.41, 5.74) is 0. The summed E-state index contributed by atoms with van der Waals surface area (Å²) in [5, 5.41) is 29.2. The maximum atomic E-state index is 10.8. The number of carboxylic acid groups (broad SMARTS) is 3. The molecule has 0 unspecified atom stereocenters. The van der Waals surface area contributed by atoms with Crippen LogP contribution >= 0.6 is 0 Å². The zero-order valence-corrected chi connectivity index (χ0v) is 18.1. The first-order valence-corrected chi connectivity index (χ1v) is 11.2. The third-order valence-corrected chi connectivity index (χ3v) is 5.58. The Morgan fingerprint density at radius 2 is 1.23 bits per heavy atom. The molecule has 1 rings (SSSR count). The summed E-state index contributed by atoms with van der Waals surface area (Å²) in [5.74, 6) is -4.56. The van der Waals surface area contributed by atoms with Gasteiger partial charge >= 0.3 is 17.9 Å². The summed E-state index contributed by atoms with van der Waals surface area (Å²) < 4.78 is 0. The summed E-state index contributed by atoms with van der Waals surface area (Å²) >= 11 is 0. The SMILES string of the molecule is O=C(O)CNCCN1CCN(CCCCCCCCCCCC(C(=O)O)C(=O)O)C1. The van der Waals surface area contributed by atoms with Crippen LogP contribution in [0, 0.1) is 5.92 Å². The van der Waals surface area contributed by atoms with Crippen LogP contribution in [0.3, 0.4) is 0 Å². The van der Waals surface area contributed by atoms with Gasteiger partial charge in [0.05, 0.1) is 13.2 Å². The van der Waals surface area contributed by atoms with Crippen LogP contribution in [0.2, 0.25) is 0 Å². The lowest BCUT2D eigenvalue weighted by molar-refractivity contribution is -0.154. The largest absolute Gasteiger partial charge is 0.481 e. The highest BCUT2D eigenvalue weighted by atomic mass is 16.4. The molecule has 0 bridgehead atoms. The molecule has 0 atom stereocenters. The lowest BCUT2D eigenvalue weighted by atomic mass is 10.00. The van der Waals surface area contributed by atoms with E-state index in [4.69, 9.17) is 15.3 Å². The monoisotopic (exact) mass is 429 g/mol. The fraction of sp³-hybridized carbons (Fsp3) is 0.857. The minimum absolute atomic E-state index is 0.0213. The van der Waals surface area contributed by atoms with Crippen LogP contribution in [0.4, 0.5) is 0 Å². The van der Waals surface area contributed by atoms with Crippen LogP contribution in [0.15, 0.2) is 0 Å². The highest BCUT2D eigenvalue weighted by Crippen LogP contribution is 2.14. The minimum Gasteiger partial charge on any atom is -0.481 e. The molecule has 9 heteroatoms. The summed E-state index contributed by atoms with van der Waals surface area (Å²) in [4.78, 5) is 36.9. The Kier molecular flexibility index (Phi) is 14.1. The molecule has 0 aromatic heterocycles. The van der Waals surface area contributed by atoms with Crippen molar-refractivity contribution in [1.82, 2.24) is 15.1 Å². The van der Waals surface area contributed by atoms with Gasteiger partial charge in [-0.25, -0.2) is 0 Å². The van der Waals surface area contributed by atoms with Crippen molar-refractivity contribution in [2.45, 2.75) is 64.2 Å². The predicted octanol–water partition coefficient (Wildman–Crippen LogP) is 1.92. The fourth-order valence-corrected chi connectivity index (χ4v) is 3.78. The summed E-state index contributed by atoms with van der Waals surface area (Å²) in [7, 11) is 0. The van der Waals surface area contributed by atoms with E-state index in [2.05, 4.69) is 15.1 Å². The van der Waals surface area contributed by atoms with E-state index >= 15 is 0 Å². The Balaban J connectivity index is 1.87. The number of aliphatic carboxylic acids is 3. The average molecular weight is 430 g/mol. The third-order valence-electron chi connectivity index (χ3n) is 5.58. The van der Waals surface area contributed by atoms with Gasteiger partial charge in [-0.1, -0.05) is 51.4 Å². The van der Waals surface area contributed by atoms with Gasteiger partial charge in [-0.3, -0.25) is 24.2 Å². The standard InChI is InChI=1S/C21H39N3O6/c25-19(26)16-22-11-13-24-15-14-23(17-24)12-9-7-5-3-1-2-4-6-8-10-18(20(27)28)21(29)30/h18,22H,1-17H2,(H,25,26)(H,27,28)(H,29,30). The van der Waals surface area contributed by atoms with Gasteiger partial charge in [-0.2, -0.15) is 0 Å². The van der Waals surface area contributed by atoms with Gasteiger partial charge in [0, 0.05) is 26.2 Å². The highest BCUT2D eigenvalue weighted by Gasteiger charge is 2.24. The smallest absolute Gasteiger partial charge is 0.317 e. The van der Waals surface area contributed by atoms with E-state index in [0.717, 1.165) is 52.1 Å². The molecule has 1 aliphatic heterocycles. The molecule has 0 aromatic carbocycles. The molecule has 1 heterocycles. The van der Waals surface area contributed by atoms with Gasteiger partial charge in [0.25, 0.3) is 0 Å². The normalized spacial score (nSPS) is 15.1. The first-order valence-electron chi connectivity index (χ1n) is 11.2. The number of carbonyl (C=O) groups is 3. The number of hydrogen-bond acceptors (Lipinski definition) is 6. The number of nitrogens with one attached hydrogen (secondary N) is 1. The van der Waals surface area contributed by atoms with E-state index in [9.17, 15) is 14.4 Å². The molecule has 0 spiro atoms. The van der Waals surface area contributed by atoms with Gasteiger partial charge < -0.3 is 20.6 Å². The minimum atomic E-state index is -1.26. The zero-order chi connectivity index (χ0) is 22.2. The Morgan fingerprint density at radius 1 is 0.733 bits per heavy atom. The van der Waals surface area contributed by atoms with E-state index in [-0.39, 0.29) is 13.0 Å². The molecule has 0 aliphatic carbocycles. The molecule has 0 amide bonds. The summed E-state index contributed by atoms with van der Waals surface area (Å²) in [6, 6.07) is 0. The van der Waals surface area contributed by atoms with Crippen molar-refractivity contribution in [3.8, 4) is 0 Å². The number of carboxylic acids is 3. The maximum absolute atomic E-state index is 10.8. The van der Waals surface area contributed by atoms with E-state index in [1.807, 2.05) is 0 Å². The average Bonchev–Trinajstić information content (AvgIpc) is 3.13. The molecule has 1 saturated heterocycles. The first kappa shape index (κ1) is 26.3. The van der Waals surface area contributed by atoms with Crippen molar-refractivity contribution >= 4 is 17.9 Å². The second-order valence-corrected chi connectivity index (χ2v) is 8.15. The molecule has 30 heavy (non-hydrogen) atoms. The van der Waals surface area contributed by atoms with E-state index in [0.29, 0.717) is 13.0 Å². The van der Waals surface area contributed by atoms with Crippen molar-refractivity contribution in [3.05, 3.63) is 0 Å². The molecule has 0 saturated carbocycles. The predicted molar refractivity (Wildman–Crippen MR) is 113 cm³/mol. The van der Waals surface area contributed by atoms with Gasteiger partial charge in [-0.05, 0) is 19.4 Å². The third kappa shape index (κ3) is 12.8. The van der Waals surface area contributed by atoms with Gasteiger partial charge in [0.15, 0.2) is 5.92 Å². The number of hydrogen-bond donors (Lipinski definition) is 4. The topological polar surface area (TPSA) is 130 Å². The van der Waals surface area contributed by atoms with Crippen molar-refractivity contribution < 1.29 is 29.7 Å². The van der Waals surface area contributed by atoms with Crippen LogP contribution in [-0.2, 0) is 14.4 Å². The molecule has 1 fully saturated rings. The van der Waals surface area contributed by atoms with Gasteiger partial charge in [-0.15, -0.1) is 0 Å². The fourth-order valence-electron chi connectivity index (χ4n) is 3.78. The van der Waals surface area contributed by atoms with Crippen molar-refractivity contribution in [3.63, 3.8) is 0 Å². The number of unbranched alkanes of at least 4 members (excludes halogenated alkanes) is 8. The Bertz CT molecular complexity index is 503.